The standard InChI is InChI=1S/C14H25N3O4/c1-11-9-15(2)4-3-5-16(11)14(20)17-6-7-21-10-12(17)8-13(18)19/h11-12H,3-10H2,1-2H3,(H,18,19). The lowest BCUT2D eigenvalue weighted by molar-refractivity contribution is -0.139. The Bertz CT molecular complexity index is 390. The predicted octanol–water partition coefficient (Wildman–Crippen LogP) is 0.308. The molecule has 2 aliphatic heterocycles. The molecule has 7 heteroatoms. The van der Waals surface area contributed by atoms with Crippen molar-refractivity contribution in [3.8, 4) is 0 Å². The highest BCUT2D eigenvalue weighted by atomic mass is 16.5. The summed E-state index contributed by atoms with van der Waals surface area (Å²) in [6, 6.07) is -0.275. The van der Waals surface area contributed by atoms with E-state index in [1.54, 1.807) is 4.90 Å². The highest BCUT2D eigenvalue weighted by Gasteiger charge is 2.34. The third-order valence-corrected chi connectivity index (χ3v) is 4.18. The Morgan fingerprint density at radius 3 is 2.71 bits per heavy atom. The van der Waals surface area contributed by atoms with E-state index in [9.17, 15) is 9.59 Å². The number of carbonyl (C=O) groups excluding carboxylic acids is 1. The van der Waals surface area contributed by atoms with E-state index in [1.165, 1.54) is 0 Å². The van der Waals surface area contributed by atoms with Gasteiger partial charge in [-0.1, -0.05) is 0 Å². The largest absolute Gasteiger partial charge is 0.481 e. The van der Waals surface area contributed by atoms with E-state index in [-0.39, 0.29) is 24.5 Å². The lowest BCUT2D eigenvalue weighted by Crippen LogP contribution is -2.56. The fraction of sp³-hybridized carbons (Fsp3) is 0.857. The third kappa shape index (κ3) is 4.07. The van der Waals surface area contributed by atoms with E-state index in [0.29, 0.717) is 19.8 Å². The van der Waals surface area contributed by atoms with Crippen molar-refractivity contribution >= 4 is 12.0 Å². The first-order chi connectivity index (χ1) is 9.99. The van der Waals surface area contributed by atoms with Gasteiger partial charge < -0.3 is 24.5 Å². The van der Waals surface area contributed by atoms with Crippen LogP contribution in [-0.2, 0) is 9.53 Å². The van der Waals surface area contributed by atoms with Crippen molar-refractivity contribution in [3.63, 3.8) is 0 Å². The fourth-order valence-corrected chi connectivity index (χ4v) is 3.10. The maximum Gasteiger partial charge on any atom is 0.320 e. The molecule has 0 aromatic rings. The number of aliphatic carboxylic acids is 1. The zero-order valence-electron chi connectivity index (χ0n) is 12.8. The molecule has 2 unspecified atom stereocenters. The van der Waals surface area contributed by atoms with Crippen molar-refractivity contribution in [1.29, 1.82) is 0 Å². The number of carboxylic acid groups (broad SMARTS) is 1. The summed E-state index contributed by atoms with van der Waals surface area (Å²) in [6.45, 7) is 5.85. The Hall–Kier alpha value is -1.34. The molecule has 1 N–H and O–H groups in total. The number of amides is 2. The molecule has 0 bridgehead atoms. The van der Waals surface area contributed by atoms with Gasteiger partial charge in [0.15, 0.2) is 0 Å². The second kappa shape index (κ2) is 7.09. The first-order valence-corrected chi connectivity index (χ1v) is 7.54. The predicted molar refractivity (Wildman–Crippen MR) is 77.2 cm³/mol. The number of hydrogen-bond acceptors (Lipinski definition) is 4. The summed E-state index contributed by atoms with van der Waals surface area (Å²) >= 11 is 0. The number of carbonyl (C=O) groups is 2. The number of carboxylic acids is 1. The molecule has 2 rings (SSSR count). The molecule has 0 aliphatic carbocycles. The smallest absolute Gasteiger partial charge is 0.320 e. The quantitative estimate of drug-likeness (QED) is 0.794. The summed E-state index contributed by atoms with van der Waals surface area (Å²) in [5, 5.41) is 8.99. The van der Waals surface area contributed by atoms with Crippen molar-refractivity contribution < 1.29 is 19.4 Å². The zero-order valence-corrected chi connectivity index (χ0v) is 12.8. The number of ether oxygens (including phenoxy) is 1. The molecule has 0 radical (unpaired) electrons. The van der Waals surface area contributed by atoms with Crippen LogP contribution >= 0.6 is 0 Å². The molecule has 2 fully saturated rings. The molecular weight excluding hydrogens is 274 g/mol. The monoisotopic (exact) mass is 299 g/mol. The highest BCUT2D eigenvalue weighted by molar-refractivity contribution is 5.76. The van der Waals surface area contributed by atoms with Crippen molar-refractivity contribution in [3.05, 3.63) is 0 Å². The maximum atomic E-state index is 12.8. The molecule has 2 heterocycles. The zero-order chi connectivity index (χ0) is 15.4. The molecule has 2 saturated heterocycles. The first-order valence-electron chi connectivity index (χ1n) is 7.54. The van der Waals surface area contributed by atoms with Crippen LogP contribution in [0.25, 0.3) is 0 Å². The lowest BCUT2D eigenvalue weighted by Gasteiger charge is -2.40. The van der Waals surface area contributed by atoms with Crippen molar-refractivity contribution in [2.75, 3.05) is 46.4 Å². The van der Waals surface area contributed by atoms with Crippen LogP contribution in [0.15, 0.2) is 0 Å². The molecular formula is C14H25N3O4. The van der Waals surface area contributed by atoms with Gasteiger partial charge in [-0.05, 0) is 26.9 Å². The van der Waals surface area contributed by atoms with Crippen LogP contribution in [0.3, 0.4) is 0 Å². The van der Waals surface area contributed by atoms with Crippen molar-refractivity contribution in [2.24, 2.45) is 0 Å². The first kappa shape index (κ1) is 16.0. The molecule has 120 valence electrons. The van der Waals surface area contributed by atoms with Gasteiger partial charge in [-0.3, -0.25) is 4.79 Å². The second-order valence-electron chi connectivity index (χ2n) is 5.96. The molecule has 21 heavy (non-hydrogen) atoms. The summed E-state index contributed by atoms with van der Waals surface area (Å²) in [5.74, 6) is -0.896. The van der Waals surface area contributed by atoms with Gasteiger partial charge in [0.05, 0.1) is 25.7 Å². The minimum absolute atomic E-state index is 0.0487. The molecule has 7 nitrogen and oxygen atoms in total. The summed E-state index contributed by atoms with van der Waals surface area (Å²) in [6.07, 6.45) is 0.883. The van der Waals surface area contributed by atoms with Gasteiger partial charge in [-0.25, -0.2) is 4.79 Å². The molecule has 0 spiro atoms. The summed E-state index contributed by atoms with van der Waals surface area (Å²) in [4.78, 5) is 29.5. The fourth-order valence-electron chi connectivity index (χ4n) is 3.10. The van der Waals surface area contributed by atoms with Crippen LogP contribution < -0.4 is 0 Å². The average molecular weight is 299 g/mol. The van der Waals surface area contributed by atoms with Crippen LogP contribution in [0.2, 0.25) is 0 Å². The van der Waals surface area contributed by atoms with E-state index < -0.39 is 5.97 Å². The minimum Gasteiger partial charge on any atom is -0.481 e. The normalized spacial score (nSPS) is 28.3. The van der Waals surface area contributed by atoms with Gasteiger partial charge in [-0.2, -0.15) is 0 Å². The van der Waals surface area contributed by atoms with Crippen molar-refractivity contribution in [1.82, 2.24) is 14.7 Å². The van der Waals surface area contributed by atoms with E-state index >= 15 is 0 Å². The van der Waals surface area contributed by atoms with Gasteiger partial charge in [-0.15, -0.1) is 0 Å². The van der Waals surface area contributed by atoms with E-state index in [0.717, 1.165) is 26.1 Å². The summed E-state index contributed by atoms with van der Waals surface area (Å²) < 4.78 is 5.34. The third-order valence-electron chi connectivity index (χ3n) is 4.18. The maximum absolute atomic E-state index is 12.8. The molecule has 0 aromatic heterocycles. The molecule has 2 atom stereocenters. The number of hydrogen-bond donors (Lipinski definition) is 1. The number of likely N-dealkylation sites (N-methyl/N-ethyl adjacent to an activating group) is 1. The topological polar surface area (TPSA) is 73.3 Å². The Labute approximate surface area is 125 Å². The number of urea groups is 1. The number of nitrogens with zero attached hydrogens (tertiary/aromatic N) is 3. The van der Waals surface area contributed by atoms with Crippen LogP contribution in [0.1, 0.15) is 19.8 Å². The average Bonchev–Trinajstić information content (AvgIpc) is 2.58. The van der Waals surface area contributed by atoms with Crippen LogP contribution in [-0.4, -0.2) is 90.3 Å². The Kier molecular flexibility index (Phi) is 5.41. The van der Waals surface area contributed by atoms with E-state index in [2.05, 4.69) is 11.9 Å². The minimum atomic E-state index is -0.896. The SMILES string of the molecule is CC1CN(C)CCCN1C(=O)N1CCOCC1CC(=O)O. The van der Waals surface area contributed by atoms with Gasteiger partial charge >= 0.3 is 12.0 Å². The number of rotatable bonds is 2. The van der Waals surface area contributed by atoms with Gasteiger partial charge in [0.25, 0.3) is 0 Å². The Morgan fingerprint density at radius 2 is 2.00 bits per heavy atom. The van der Waals surface area contributed by atoms with E-state index in [1.807, 2.05) is 11.8 Å². The van der Waals surface area contributed by atoms with Gasteiger partial charge in [0.1, 0.15) is 0 Å². The van der Waals surface area contributed by atoms with Crippen LogP contribution in [0.4, 0.5) is 4.79 Å². The summed E-state index contributed by atoms with van der Waals surface area (Å²) in [7, 11) is 2.06. The highest BCUT2D eigenvalue weighted by Crippen LogP contribution is 2.17. The second-order valence-corrected chi connectivity index (χ2v) is 5.96. The van der Waals surface area contributed by atoms with Crippen LogP contribution in [0.5, 0.6) is 0 Å². The Morgan fingerprint density at radius 1 is 1.24 bits per heavy atom. The van der Waals surface area contributed by atoms with Crippen molar-refractivity contribution in [2.45, 2.75) is 31.8 Å². The Balaban J connectivity index is 2.06. The number of morpholine rings is 1. The van der Waals surface area contributed by atoms with Gasteiger partial charge in [0, 0.05) is 25.7 Å². The molecule has 2 amide bonds. The molecule has 0 aromatic carbocycles. The van der Waals surface area contributed by atoms with Crippen LogP contribution in [0, 0.1) is 0 Å². The summed E-state index contributed by atoms with van der Waals surface area (Å²) in [5.41, 5.74) is 0. The molecule has 2 aliphatic rings. The lowest BCUT2D eigenvalue weighted by atomic mass is 10.1. The molecule has 0 saturated carbocycles. The van der Waals surface area contributed by atoms with Gasteiger partial charge in [0.2, 0.25) is 0 Å². The van der Waals surface area contributed by atoms with E-state index in [4.69, 9.17) is 9.84 Å².